The number of carbonyl (C=O) groups is 2. The summed E-state index contributed by atoms with van der Waals surface area (Å²) < 4.78 is 4.98. The molecule has 5 heteroatoms. The van der Waals surface area contributed by atoms with Crippen LogP contribution in [0.4, 0.5) is 5.69 Å². The smallest absolute Gasteiger partial charge is 0.338 e. The van der Waals surface area contributed by atoms with Crippen LogP contribution < -0.4 is 4.90 Å². The number of ketones is 1. The maximum Gasteiger partial charge on any atom is 0.338 e. The second-order valence-electron chi connectivity index (χ2n) is 6.71. The summed E-state index contributed by atoms with van der Waals surface area (Å²) in [5.74, 6) is -0.639. The number of hydrogen-bond donors (Lipinski definition) is 1. The fourth-order valence-electron chi connectivity index (χ4n) is 2.60. The van der Waals surface area contributed by atoms with Crippen LogP contribution in [0.25, 0.3) is 0 Å². The molecular formula is C21H25NO4. The molecule has 26 heavy (non-hydrogen) atoms. The lowest BCUT2D eigenvalue weighted by Crippen LogP contribution is -2.31. The Hall–Kier alpha value is -2.66. The number of anilines is 1. The van der Waals surface area contributed by atoms with Gasteiger partial charge < -0.3 is 14.7 Å². The van der Waals surface area contributed by atoms with Crippen molar-refractivity contribution in [2.24, 2.45) is 0 Å². The Morgan fingerprint density at radius 1 is 1.08 bits per heavy atom. The first kappa shape index (κ1) is 19.7. The Balaban J connectivity index is 2.11. The van der Waals surface area contributed by atoms with Crippen LogP contribution >= 0.6 is 0 Å². The van der Waals surface area contributed by atoms with Gasteiger partial charge in [0.1, 0.15) is 5.60 Å². The summed E-state index contributed by atoms with van der Waals surface area (Å²) in [7, 11) is 1.93. The van der Waals surface area contributed by atoms with Crippen molar-refractivity contribution in [1.82, 2.24) is 0 Å². The Morgan fingerprint density at radius 2 is 1.73 bits per heavy atom. The van der Waals surface area contributed by atoms with Gasteiger partial charge >= 0.3 is 5.97 Å². The van der Waals surface area contributed by atoms with Gasteiger partial charge in [-0.2, -0.15) is 0 Å². The molecule has 5 nitrogen and oxygen atoms in total. The third-order valence-electron chi connectivity index (χ3n) is 3.98. The highest BCUT2D eigenvalue weighted by Crippen LogP contribution is 2.19. The number of carbonyl (C=O) groups excluding carboxylic acids is 2. The van der Waals surface area contributed by atoms with Crippen molar-refractivity contribution >= 4 is 17.4 Å². The molecule has 0 aromatic heterocycles. The van der Waals surface area contributed by atoms with Crippen molar-refractivity contribution in [3.05, 3.63) is 65.2 Å². The molecule has 0 bridgehead atoms. The minimum Gasteiger partial charge on any atom is -0.462 e. The Kier molecular flexibility index (Phi) is 6.16. The van der Waals surface area contributed by atoms with E-state index >= 15 is 0 Å². The van der Waals surface area contributed by atoms with Crippen LogP contribution in [-0.2, 0) is 11.3 Å². The van der Waals surface area contributed by atoms with Gasteiger partial charge in [0, 0.05) is 24.8 Å². The maximum absolute atomic E-state index is 12.2. The summed E-state index contributed by atoms with van der Waals surface area (Å²) in [6, 6.07) is 14.4. The average Bonchev–Trinajstić information content (AvgIpc) is 2.61. The highest BCUT2D eigenvalue weighted by atomic mass is 16.5. The lowest BCUT2D eigenvalue weighted by molar-refractivity contribution is 0.0487. The molecular weight excluding hydrogens is 330 g/mol. The van der Waals surface area contributed by atoms with E-state index in [0.29, 0.717) is 24.3 Å². The normalized spacial score (nSPS) is 11.1. The van der Waals surface area contributed by atoms with Crippen molar-refractivity contribution < 1.29 is 19.4 Å². The molecule has 2 rings (SSSR count). The van der Waals surface area contributed by atoms with Gasteiger partial charge in [0.25, 0.3) is 0 Å². The van der Waals surface area contributed by atoms with Crippen molar-refractivity contribution in [1.29, 1.82) is 0 Å². The summed E-state index contributed by atoms with van der Waals surface area (Å²) in [5, 5.41) is 9.90. The molecule has 0 atom stereocenters. The first-order valence-corrected chi connectivity index (χ1v) is 8.57. The van der Waals surface area contributed by atoms with Crippen LogP contribution in [0.3, 0.4) is 0 Å². The summed E-state index contributed by atoms with van der Waals surface area (Å²) in [4.78, 5) is 25.9. The molecule has 0 aliphatic carbocycles. The number of aliphatic hydroxyl groups is 1. The van der Waals surface area contributed by atoms with Gasteiger partial charge in [0.15, 0.2) is 5.78 Å². The van der Waals surface area contributed by atoms with Gasteiger partial charge in [0.05, 0.1) is 12.2 Å². The number of nitrogens with zero attached hydrogens (tertiary/aromatic N) is 1. The quantitative estimate of drug-likeness (QED) is 0.609. The monoisotopic (exact) mass is 355 g/mol. The minimum absolute atomic E-state index is 0.305. The zero-order valence-electron chi connectivity index (χ0n) is 15.7. The lowest BCUT2D eigenvalue weighted by atomic mass is 9.95. The number of benzene rings is 2. The highest BCUT2D eigenvalue weighted by molar-refractivity contribution is 6.01. The molecule has 1 N–H and O–H groups in total. The zero-order valence-corrected chi connectivity index (χ0v) is 15.7. The molecule has 0 aliphatic rings. The predicted octanol–water partition coefficient (Wildman–Crippen LogP) is 3.45. The van der Waals surface area contributed by atoms with E-state index in [9.17, 15) is 14.7 Å². The van der Waals surface area contributed by atoms with E-state index in [1.165, 1.54) is 13.8 Å². The molecule has 2 aromatic rings. The number of hydrogen-bond acceptors (Lipinski definition) is 5. The molecule has 0 saturated carbocycles. The molecule has 0 heterocycles. The van der Waals surface area contributed by atoms with E-state index in [1.807, 2.05) is 36.2 Å². The van der Waals surface area contributed by atoms with Gasteiger partial charge in [0.2, 0.25) is 0 Å². The second kappa shape index (κ2) is 8.15. The molecule has 0 spiro atoms. The minimum atomic E-state index is -1.40. The summed E-state index contributed by atoms with van der Waals surface area (Å²) in [6.07, 6.45) is 0. The fraction of sp³-hybridized carbons (Fsp3) is 0.333. The SMILES string of the molecule is CCOC(=O)c1ccc(N(C)Cc2cccc(C(=O)C(C)(C)O)c2)cc1. The van der Waals surface area contributed by atoms with Gasteiger partial charge in [-0.3, -0.25) is 4.79 Å². The van der Waals surface area contributed by atoms with Crippen LogP contribution in [0, 0.1) is 0 Å². The van der Waals surface area contributed by atoms with Gasteiger partial charge in [-0.15, -0.1) is 0 Å². The van der Waals surface area contributed by atoms with Crippen LogP contribution in [0.5, 0.6) is 0 Å². The molecule has 0 unspecified atom stereocenters. The van der Waals surface area contributed by atoms with Crippen LogP contribution in [0.15, 0.2) is 48.5 Å². The summed E-state index contributed by atoms with van der Waals surface area (Å²) in [5.41, 5.74) is 1.50. The fourth-order valence-corrected chi connectivity index (χ4v) is 2.60. The number of Topliss-reactive ketones (excluding diaryl/α,β-unsaturated/α-hetero) is 1. The van der Waals surface area contributed by atoms with Crippen LogP contribution in [0.1, 0.15) is 47.1 Å². The van der Waals surface area contributed by atoms with E-state index in [-0.39, 0.29) is 11.8 Å². The van der Waals surface area contributed by atoms with Crippen LogP contribution in [0.2, 0.25) is 0 Å². The largest absolute Gasteiger partial charge is 0.462 e. The third kappa shape index (κ3) is 4.92. The molecule has 0 aliphatic heterocycles. The Labute approximate surface area is 154 Å². The number of esters is 1. The van der Waals surface area contributed by atoms with Crippen molar-refractivity contribution in [2.45, 2.75) is 32.9 Å². The topological polar surface area (TPSA) is 66.8 Å². The Morgan fingerprint density at radius 3 is 2.31 bits per heavy atom. The van der Waals surface area contributed by atoms with E-state index < -0.39 is 5.60 Å². The maximum atomic E-state index is 12.2. The number of rotatable bonds is 7. The van der Waals surface area contributed by atoms with E-state index in [0.717, 1.165) is 11.3 Å². The van der Waals surface area contributed by atoms with Crippen molar-refractivity contribution in [3.63, 3.8) is 0 Å². The van der Waals surface area contributed by atoms with Crippen molar-refractivity contribution in [2.75, 3.05) is 18.6 Å². The van der Waals surface area contributed by atoms with Crippen molar-refractivity contribution in [3.8, 4) is 0 Å². The zero-order chi connectivity index (χ0) is 19.3. The van der Waals surface area contributed by atoms with E-state index in [2.05, 4.69) is 0 Å². The van der Waals surface area contributed by atoms with E-state index in [4.69, 9.17) is 4.74 Å². The standard InChI is InChI=1S/C21H25NO4/c1-5-26-20(24)16-9-11-18(12-10-16)22(4)14-15-7-6-8-17(13-15)19(23)21(2,3)25/h6-13,25H,5,14H2,1-4H3. The predicted molar refractivity (Wildman–Crippen MR) is 102 cm³/mol. The first-order valence-electron chi connectivity index (χ1n) is 8.57. The molecule has 2 aromatic carbocycles. The Bertz CT molecular complexity index is 775. The van der Waals surface area contributed by atoms with Gasteiger partial charge in [-0.1, -0.05) is 18.2 Å². The lowest BCUT2D eigenvalue weighted by Gasteiger charge is -2.21. The molecule has 0 radical (unpaired) electrons. The highest BCUT2D eigenvalue weighted by Gasteiger charge is 2.25. The summed E-state index contributed by atoms with van der Waals surface area (Å²) >= 11 is 0. The second-order valence-corrected chi connectivity index (χ2v) is 6.71. The average molecular weight is 355 g/mol. The van der Waals surface area contributed by atoms with E-state index in [1.54, 1.807) is 31.2 Å². The van der Waals surface area contributed by atoms with Gasteiger partial charge in [-0.25, -0.2) is 4.79 Å². The summed E-state index contributed by atoms with van der Waals surface area (Å²) in [6.45, 7) is 5.68. The molecule has 0 amide bonds. The number of ether oxygens (including phenoxy) is 1. The molecule has 0 fully saturated rings. The molecule has 0 saturated heterocycles. The third-order valence-corrected chi connectivity index (χ3v) is 3.98. The van der Waals surface area contributed by atoms with Crippen LogP contribution in [-0.4, -0.2) is 36.1 Å². The first-order chi connectivity index (χ1) is 12.2. The van der Waals surface area contributed by atoms with Gasteiger partial charge in [-0.05, 0) is 56.7 Å². The molecule has 138 valence electrons.